The predicted molar refractivity (Wildman–Crippen MR) is 61.9 cm³/mol. The molecule has 90 valence electrons. The summed E-state index contributed by atoms with van der Waals surface area (Å²) in [5.74, 6) is 0. The molecule has 0 amide bonds. The van der Waals surface area contributed by atoms with Crippen molar-refractivity contribution in [3.05, 3.63) is 0 Å². The molecule has 0 aliphatic carbocycles. The quantitative estimate of drug-likeness (QED) is 0.661. The van der Waals surface area contributed by atoms with Crippen molar-refractivity contribution in [2.45, 2.75) is 57.6 Å². The first-order valence-electron chi connectivity index (χ1n) is 6.29. The Balaban J connectivity index is 1.94. The van der Waals surface area contributed by atoms with Gasteiger partial charge in [0.15, 0.2) is 0 Å². The summed E-state index contributed by atoms with van der Waals surface area (Å²) in [6.45, 7) is 4.54. The number of nitrogens with two attached hydrogens (primary N) is 1. The smallest absolute Gasteiger partial charge is 0.0959 e. The lowest BCUT2D eigenvalue weighted by atomic mass is 10.1. The molecule has 1 heterocycles. The van der Waals surface area contributed by atoms with E-state index in [9.17, 15) is 0 Å². The Morgan fingerprint density at radius 2 is 2.07 bits per heavy atom. The summed E-state index contributed by atoms with van der Waals surface area (Å²) >= 11 is 0. The Bertz CT molecular complexity index is 153. The molecule has 1 rings (SSSR count). The minimum absolute atomic E-state index is 0.130. The van der Waals surface area contributed by atoms with Gasteiger partial charge in [-0.05, 0) is 12.8 Å². The Labute approximate surface area is 93.3 Å². The molecule has 3 nitrogen and oxygen atoms in total. The largest absolute Gasteiger partial charge is 0.379 e. The highest BCUT2D eigenvalue weighted by Crippen LogP contribution is 2.10. The van der Waals surface area contributed by atoms with Gasteiger partial charge in [-0.3, -0.25) is 0 Å². The molecule has 1 saturated heterocycles. The summed E-state index contributed by atoms with van der Waals surface area (Å²) in [6, 6.07) is 0.175. The molecule has 15 heavy (non-hydrogen) atoms. The summed E-state index contributed by atoms with van der Waals surface area (Å²) in [7, 11) is 0. The Kier molecular flexibility index (Phi) is 6.98. The van der Waals surface area contributed by atoms with E-state index in [0.29, 0.717) is 6.61 Å². The standard InChI is InChI=1S/C12H25NO2/c1-2-3-4-5-6-8-15-12-10-14-9-7-11(12)13/h11-12H,2-10,13H2,1H3. The minimum atomic E-state index is 0.130. The number of hydrogen-bond acceptors (Lipinski definition) is 3. The van der Waals surface area contributed by atoms with Crippen molar-refractivity contribution in [3.8, 4) is 0 Å². The molecule has 0 aromatic heterocycles. The third-order valence-electron chi connectivity index (χ3n) is 2.93. The first kappa shape index (κ1) is 12.9. The van der Waals surface area contributed by atoms with Gasteiger partial charge in [-0.15, -0.1) is 0 Å². The van der Waals surface area contributed by atoms with E-state index < -0.39 is 0 Å². The van der Waals surface area contributed by atoms with E-state index in [0.717, 1.165) is 26.1 Å². The molecule has 2 unspecified atom stereocenters. The van der Waals surface area contributed by atoms with Crippen LogP contribution in [0.15, 0.2) is 0 Å². The highest BCUT2D eigenvalue weighted by molar-refractivity contribution is 4.76. The van der Waals surface area contributed by atoms with Gasteiger partial charge in [-0.2, -0.15) is 0 Å². The second kappa shape index (κ2) is 8.08. The van der Waals surface area contributed by atoms with Crippen molar-refractivity contribution < 1.29 is 9.47 Å². The minimum Gasteiger partial charge on any atom is -0.379 e. The maximum atomic E-state index is 5.94. The van der Waals surface area contributed by atoms with Crippen LogP contribution in [0.2, 0.25) is 0 Å². The average molecular weight is 215 g/mol. The maximum Gasteiger partial charge on any atom is 0.0959 e. The van der Waals surface area contributed by atoms with Crippen LogP contribution in [0.1, 0.15) is 45.4 Å². The van der Waals surface area contributed by atoms with Crippen molar-refractivity contribution in [2.75, 3.05) is 19.8 Å². The molecule has 0 saturated carbocycles. The zero-order valence-corrected chi connectivity index (χ0v) is 9.91. The van der Waals surface area contributed by atoms with E-state index in [-0.39, 0.29) is 12.1 Å². The van der Waals surface area contributed by atoms with E-state index in [1.165, 1.54) is 25.7 Å². The molecule has 0 radical (unpaired) electrons. The van der Waals surface area contributed by atoms with Gasteiger partial charge in [0.2, 0.25) is 0 Å². The topological polar surface area (TPSA) is 44.5 Å². The lowest BCUT2D eigenvalue weighted by Crippen LogP contribution is -2.44. The zero-order valence-electron chi connectivity index (χ0n) is 9.91. The number of rotatable bonds is 7. The summed E-state index contributed by atoms with van der Waals surface area (Å²) in [5, 5.41) is 0. The van der Waals surface area contributed by atoms with Crippen LogP contribution in [0.4, 0.5) is 0 Å². The second-order valence-corrected chi connectivity index (χ2v) is 4.35. The van der Waals surface area contributed by atoms with Gasteiger partial charge in [-0.25, -0.2) is 0 Å². The monoisotopic (exact) mass is 215 g/mol. The molecule has 0 bridgehead atoms. The fourth-order valence-corrected chi connectivity index (χ4v) is 1.84. The van der Waals surface area contributed by atoms with Crippen molar-refractivity contribution in [1.29, 1.82) is 0 Å². The molecule has 2 N–H and O–H groups in total. The van der Waals surface area contributed by atoms with Gasteiger partial charge in [0.25, 0.3) is 0 Å². The van der Waals surface area contributed by atoms with E-state index in [1.807, 2.05) is 0 Å². The van der Waals surface area contributed by atoms with Crippen molar-refractivity contribution in [1.82, 2.24) is 0 Å². The fraction of sp³-hybridized carbons (Fsp3) is 1.00. The summed E-state index contributed by atoms with van der Waals surface area (Å²) < 4.78 is 11.1. The summed E-state index contributed by atoms with van der Waals surface area (Å²) in [5.41, 5.74) is 5.94. The van der Waals surface area contributed by atoms with Crippen LogP contribution >= 0.6 is 0 Å². The van der Waals surface area contributed by atoms with Crippen LogP contribution < -0.4 is 5.73 Å². The van der Waals surface area contributed by atoms with Crippen LogP contribution in [0, 0.1) is 0 Å². The Morgan fingerprint density at radius 3 is 2.80 bits per heavy atom. The Morgan fingerprint density at radius 1 is 1.27 bits per heavy atom. The zero-order chi connectivity index (χ0) is 10.9. The molecular weight excluding hydrogens is 190 g/mol. The van der Waals surface area contributed by atoms with Crippen LogP contribution in [-0.2, 0) is 9.47 Å². The van der Waals surface area contributed by atoms with Crippen molar-refractivity contribution >= 4 is 0 Å². The van der Waals surface area contributed by atoms with Gasteiger partial charge < -0.3 is 15.2 Å². The van der Waals surface area contributed by atoms with E-state index in [4.69, 9.17) is 15.2 Å². The van der Waals surface area contributed by atoms with Crippen LogP contribution in [-0.4, -0.2) is 32.0 Å². The van der Waals surface area contributed by atoms with Crippen molar-refractivity contribution in [3.63, 3.8) is 0 Å². The molecule has 0 spiro atoms. The highest BCUT2D eigenvalue weighted by atomic mass is 16.5. The predicted octanol–water partition coefficient (Wildman–Crippen LogP) is 2.09. The van der Waals surface area contributed by atoms with Gasteiger partial charge in [0.1, 0.15) is 0 Å². The van der Waals surface area contributed by atoms with Gasteiger partial charge >= 0.3 is 0 Å². The van der Waals surface area contributed by atoms with E-state index >= 15 is 0 Å². The first-order chi connectivity index (χ1) is 7.34. The van der Waals surface area contributed by atoms with Gasteiger partial charge in [-0.1, -0.05) is 32.6 Å². The Hall–Kier alpha value is -0.120. The molecule has 3 heteroatoms. The molecule has 0 aromatic rings. The third-order valence-corrected chi connectivity index (χ3v) is 2.93. The second-order valence-electron chi connectivity index (χ2n) is 4.35. The summed E-state index contributed by atoms with van der Waals surface area (Å²) in [4.78, 5) is 0. The first-order valence-corrected chi connectivity index (χ1v) is 6.29. The fourth-order valence-electron chi connectivity index (χ4n) is 1.84. The third kappa shape index (κ3) is 5.50. The van der Waals surface area contributed by atoms with Crippen LogP contribution in [0.5, 0.6) is 0 Å². The van der Waals surface area contributed by atoms with Gasteiger partial charge in [0.05, 0.1) is 12.7 Å². The van der Waals surface area contributed by atoms with Crippen molar-refractivity contribution in [2.24, 2.45) is 5.73 Å². The average Bonchev–Trinajstić information content (AvgIpc) is 2.25. The maximum absolute atomic E-state index is 5.94. The number of unbranched alkanes of at least 4 members (excludes halogenated alkanes) is 4. The molecule has 1 fully saturated rings. The van der Waals surface area contributed by atoms with Crippen LogP contribution in [0.3, 0.4) is 0 Å². The van der Waals surface area contributed by atoms with E-state index in [1.54, 1.807) is 0 Å². The highest BCUT2D eigenvalue weighted by Gasteiger charge is 2.22. The SMILES string of the molecule is CCCCCCCOC1COCCC1N. The molecule has 2 atom stereocenters. The number of ether oxygens (including phenoxy) is 2. The molecular formula is C12H25NO2. The van der Waals surface area contributed by atoms with Gasteiger partial charge in [0, 0.05) is 19.3 Å². The molecule has 1 aliphatic heterocycles. The van der Waals surface area contributed by atoms with E-state index in [2.05, 4.69) is 6.92 Å². The summed E-state index contributed by atoms with van der Waals surface area (Å²) in [6.07, 6.45) is 7.45. The number of hydrogen-bond donors (Lipinski definition) is 1. The molecule has 0 aromatic carbocycles. The molecule has 1 aliphatic rings. The normalized spacial score (nSPS) is 26.8. The lowest BCUT2D eigenvalue weighted by Gasteiger charge is -2.28. The van der Waals surface area contributed by atoms with Crippen LogP contribution in [0.25, 0.3) is 0 Å². The lowest BCUT2D eigenvalue weighted by molar-refractivity contribution is -0.0618.